The van der Waals surface area contributed by atoms with Gasteiger partial charge in [-0.05, 0) is 44.5 Å². The fourth-order valence-corrected chi connectivity index (χ4v) is 7.12. The topological polar surface area (TPSA) is 242 Å². The summed E-state index contributed by atoms with van der Waals surface area (Å²) in [6, 6.07) is 7.34. The van der Waals surface area contributed by atoms with Crippen molar-refractivity contribution in [1.82, 2.24) is 15.5 Å². The molecule has 0 aromatic heterocycles. The standard InChI is InChI=1S/C45H65N7O10/c1-6-7-8-9-10-11-12-13-14-15-16-17-18-22-27-61-37(54)29-36(48-31(4)53)40(55)51(33-23-20-19-21-24-33)39(43(58)62-30(2)3)52-41(56)38(50-45(52)59)34-26-25-32(42(57)60-5)28-35(34)49-44(46)47/h19-21,23-26,28,30,36,38-39H,6-18,22,27,29H2,1-5H3,(H,48,53)(H,50,59)(H4,46,47,49)/t36-,38?,39-/m0/s1. The maximum Gasteiger partial charge on any atom is 0.351 e. The fourth-order valence-electron chi connectivity index (χ4n) is 7.12. The number of para-hydroxylation sites is 1. The highest BCUT2D eigenvalue weighted by Crippen LogP contribution is 2.34. The number of benzene rings is 2. The van der Waals surface area contributed by atoms with E-state index >= 15 is 0 Å². The summed E-state index contributed by atoms with van der Waals surface area (Å²) in [6.07, 6.45) is 12.8. The molecule has 5 amide bonds. The number of unbranched alkanes of at least 4 members (excludes halogenated alkanes) is 13. The molecular formula is C45H65N7O10. The van der Waals surface area contributed by atoms with Gasteiger partial charge < -0.3 is 36.3 Å². The molecule has 17 heteroatoms. The predicted octanol–water partition coefficient (Wildman–Crippen LogP) is 6.20. The molecule has 0 radical (unpaired) electrons. The Hall–Kier alpha value is -6.00. The third-order valence-electron chi connectivity index (χ3n) is 10.1. The number of nitrogens with one attached hydrogen (secondary N) is 2. The van der Waals surface area contributed by atoms with Crippen molar-refractivity contribution in [3.63, 3.8) is 0 Å². The highest BCUT2D eigenvalue weighted by molar-refractivity contribution is 6.12. The van der Waals surface area contributed by atoms with Crippen LogP contribution in [-0.4, -0.2) is 84.5 Å². The van der Waals surface area contributed by atoms with Crippen molar-refractivity contribution in [3.05, 3.63) is 59.7 Å². The summed E-state index contributed by atoms with van der Waals surface area (Å²) in [4.78, 5) is 101. The Labute approximate surface area is 364 Å². The van der Waals surface area contributed by atoms with Crippen LogP contribution in [0.25, 0.3) is 0 Å². The number of urea groups is 1. The lowest BCUT2D eigenvalue weighted by atomic mass is 10.0. The van der Waals surface area contributed by atoms with Crippen LogP contribution >= 0.6 is 0 Å². The molecule has 1 fully saturated rings. The van der Waals surface area contributed by atoms with Gasteiger partial charge in [0, 0.05) is 18.2 Å². The van der Waals surface area contributed by atoms with Gasteiger partial charge in [0.2, 0.25) is 12.1 Å². The van der Waals surface area contributed by atoms with Gasteiger partial charge in [0.1, 0.15) is 12.1 Å². The molecule has 3 rings (SSSR count). The molecule has 2 aromatic rings. The molecule has 0 saturated carbocycles. The molecular weight excluding hydrogens is 799 g/mol. The van der Waals surface area contributed by atoms with Crippen LogP contribution in [0, 0.1) is 0 Å². The number of carbonyl (C=O) groups is 7. The molecule has 1 heterocycles. The monoisotopic (exact) mass is 863 g/mol. The van der Waals surface area contributed by atoms with Gasteiger partial charge in [-0.15, -0.1) is 0 Å². The number of nitrogens with zero attached hydrogens (tertiary/aromatic N) is 3. The molecule has 340 valence electrons. The van der Waals surface area contributed by atoms with E-state index in [-0.39, 0.29) is 29.1 Å². The van der Waals surface area contributed by atoms with Gasteiger partial charge >= 0.3 is 23.9 Å². The quantitative estimate of drug-likeness (QED) is 0.0196. The van der Waals surface area contributed by atoms with Crippen LogP contribution in [-0.2, 0) is 38.2 Å². The number of anilines is 1. The van der Waals surface area contributed by atoms with Crippen LogP contribution < -0.4 is 27.0 Å². The highest BCUT2D eigenvalue weighted by atomic mass is 16.5. The van der Waals surface area contributed by atoms with Crippen LogP contribution in [0.2, 0.25) is 0 Å². The largest absolute Gasteiger partial charge is 0.466 e. The van der Waals surface area contributed by atoms with Crippen LogP contribution in [0.3, 0.4) is 0 Å². The summed E-state index contributed by atoms with van der Waals surface area (Å²) in [5.74, 6) is -5.81. The maximum absolute atomic E-state index is 14.7. The Morgan fingerprint density at radius 3 is 1.97 bits per heavy atom. The second-order valence-electron chi connectivity index (χ2n) is 15.6. The van der Waals surface area contributed by atoms with Gasteiger partial charge in [-0.3, -0.25) is 24.1 Å². The predicted molar refractivity (Wildman–Crippen MR) is 234 cm³/mol. The number of rotatable bonds is 27. The van der Waals surface area contributed by atoms with Crippen molar-refractivity contribution >= 4 is 59.0 Å². The minimum Gasteiger partial charge on any atom is -0.466 e. The molecule has 0 aliphatic carbocycles. The summed E-state index contributed by atoms with van der Waals surface area (Å²) in [6.45, 7) is 6.56. The number of nitrogens with two attached hydrogens (primary N) is 2. The van der Waals surface area contributed by atoms with E-state index < -0.39 is 78.4 Å². The van der Waals surface area contributed by atoms with Crippen molar-refractivity contribution < 1.29 is 47.8 Å². The van der Waals surface area contributed by atoms with Crippen molar-refractivity contribution in [2.75, 3.05) is 18.6 Å². The summed E-state index contributed by atoms with van der Waals surface area (Å²) >= 11 is 0. The average Bonchev–Trinajstić information content (AvgIpc) is 3.51. The SMILES string of the molecule is CCCCCCCCCCCCCCCCOC(=O)C[C@H](NC(C)=O)C(=O)N(c1ccccc1)[C@H](C(=O)OC(C)C)N1C(=O)NC(c2ccc(C(=O)OC)cc2N=C(N)N)C1=O. The number of guanidine groups is 1. The first-order valence-electron chi connectivity index (χ1n) is 21.7. The molecule has 2 aromatic carbocycles. The molecule has 1 aliphatic rings. The third kappa shape index (κ3) is 15.8. The van der Waals surface area contributed by atoms with E-state index in [9.17, 15) is 33.6 Å². The number of esters is 3. The minimum atomic E-state index is -2.09. The first-order valence-corrected chi connectivity index (χ1v) is 21.7. The Kier molecular flexibility index (Phi) is 21.4. The molecule has 3 atom stereocenters. The number of aliphatic imine (C=N–C) groups is 1. The zero-order valence-electron chi connectivity index (χ0n) is 36.8. The average molecular weight is 864 g/mol. The van der Waals surface area contributed by atoms with Gasteiger partial charge in [-0.2, -0.15) is 0 Å². The summed E-state index contributed by atoms with van der Waals surface area (Å²) in [5, 5.41) is 5.00. The van der Waals surface area contributed by atoms with E-state index in [1.54, 1.807) is 18.2 Å². The van der Waals surface area contributed by atoms with E-state index in [4.69, 9.17) is 25.7 Å². The minimum absolute atomic E-state index is 0.0296. The smallest absolute Gasteiger partial charge is 0.351 e. The molecule has 1 aliphatic heterocycles. The molecule has 62 heavy (non-hydrogen) atoms. The van der Waals surface area contributed by atoms with Gasteiger partial charge in [0.15, 0.2) is 5.96 Å². The van der Waals surface area contributed by atoms with Crippen molar-refractivity contribution in [2.24, 2.45) is 16.5 Å². The third-order valence-corrected chi connectivity index (χ3v) is 10.1. The fraction of sp³-hybridized carbons (Fsp3) is 0.556. The summed E-state index contributed by atoms with van der Waals surface area (Å²) in [7, 11) is 1.17. The number of hydrogen-bond donors (Lipinski definition) is 4. The van der Waals surface area contributed by atoms with Crippen molar-refractivity contribution in [2.45, 2.75) is 148 Å². The van der Waals surface area contributed by atoms with E-state index in [2.05, 4.69) is 22.5 Å². The van der Waals surface area contributed by atoms with E-state index in [1.165, 1.54) is 109 Å². The van der Waals surface area contributed by atoms with Crippen LogP contribution in [0.15, 0.2) is 53.5 Å². The van der Waals surface area contributed by atoms with Crippen LogP contribution in [0.5, 0.6) is 0 Å². The van der Waals surface area contributed by atoms with E-state index in [0.717, 1.165) is 37.5 Å². The molecule has 0 spiro atoms. The maximum atomic E-state index is 14.7. The van der Waals surface area contributed by atoms with Crippen LogP contribution in [0.1, 0.15) is 146 Å². The Bertz CT molecular complexity index is 1850. The lowest BCUT2D eigenvalue weighted by Crippen LogP contribution is -2.62. The molecule has 0 bridgehead atoms. The first-order chi connectivity index (χ1) is 29.7. The van der Waals surface area contributed by atoms with Gasteiger partial charge in [-0.25, -0.2) is 24.3 Å². The van der Waals surface area contributed by atoms with Crippen molar-refractivity contribution in [3.8, 4) is 0 Å². The zero-order valence-corrected chi connectivity index (χ0v) is 36.8. The number of carbonyl (C=O) groups excluding carboxylic acids is 7. The Morgan fingerprint density at radius 1 is 0.855 bits per heavy atom. The summed E-state index contributed by atoms with van der Waals surface area (Å²) < 4.78 is 15.8. The highest BCUT2D eigenvalue weighted by Gasteiger charge is 2.51. The lowest BCUT2D eigenvalue weighted by Gasteiger charge is -2.36. The van der Waals surface area contributed by atoms with E-state index in [0.29, 0.717) is 11.3 Å². The summed E-state index contributed by atoms with van der Waals surface area (Å²) in [5.41, 5.74) is 11.3. The number of imide groups is 1. The van der Waals surface area contributed by atoms with E-state index in [1.807, 2.05) is 0 Å². The van der Waals surface area contributed by atoms with Gasteiger partial charge in [-0.1, -0.05) is 115 Å². The van der Waals surface area contributed by atoms with Gasteiger partial charge in [0.05, 0.1) is 37.5 Å². The first kappa shape index (κ1) is 50.4. The lowest BCUT2D eigenvalue weighted by molar-refractivity contribution is -0.157. The zero-order chi connectivity index (χ0) is 45.6. The Balaban J connectivity index is 1.81. The van der Waals surface area contributed by atoms with Crippen LogP contribution in [0.4, 0.5) is 16.2 Å². The van der Waals surface area contributed by atoms with Crippen molar-refractivity contribution in [1.29, 1.82) is 0 Å². The number of methoxy groups -OCH3 is 1. The number of amides is 5. The molecule has 6 N–H and O–H groups in total. The second kappa shape index (κ2) is 26.4. The molecule has 1 saturated heterocycles. The number of hydrogen-bond acceptors (Lipinski definition) is 11. The number of ether oxygens (including phenoxy) is 3. The van der Waals surface area contributed by atoms with Gasteiger partial charge in [0.25, 0.3) is 11.8 Å². The molecule has 17 nitrogen and oxygen atoms in total. The molecule has 1 unspecified atom stereocenters. The Morgan fingerprint density at radius 2 is 1.44 bits per heavy atom. The normalized spacial score (nSPS) is 14.4. The second-order valence-corrected chi connectivity index (χ2v) is 15.6.